The molecule has 0 spiro atoms. The Kier molecular flexibility index (Phi) is 8.30. The van der Waals surface area contributed by atoms with Gasteiger partial charge >= 0.3 is 0 Å². The van der Waals surface area contributed by atoms with Gasteiger partial charge in [-0.05, 0) is 61.6 Å². The van der Waals surface area contributed by atoms with Crippen molar-refractivity contribution in [1.82, 2.24) is 4.90 Å². The molecule has 10 heteroatoms. The third kappa shape index (κ3) is 5.30. The van der Waals surface area contributed by atoms with Crippen molar-refractivity contribution >= 4 is 40.7 Å². The third-order valence-corrected chi connectivity index (χ3v) is 9.56. The molecule has 10 nitrogen and oxygen atoms in total. The minimum atomic E-state index is -1.92. The number of aliphatic hydroxyl groups is 2. The normalized spacial score (nSPS) is 24.3. The molecule has 0 bridgehead atoms. The summed E-state index contributed by atoms with van der Waals surface area (Å²) in [5.74, 6) is -1.17. The van der Waals surface area contributed by atoms with E-state index in [2.05, 4.69) is 0 Å². The quantitative estimate of drug-likeness (QED) is 0.427. The van der Waals surface area contributed by atoms with Gasteiger partial charge in [0.25, 0.3) is 5.91 Å². The second-order valence-electron chi connectivity index (χ2n) is 12.3. The lowest BCUT2D eigenvalue weighted by atomic mass is 9.82. The second-order valence-corrected chi connectivity index (χ2v) is 12.3. The van der Waals surface area contributed by atoms with Crippen LogP contribution >= 0.6 is 0 Å². The van der Waals surface area contributed by atoms with Crippen LogP contribution in [0.4, 0.5) is 17.1 Å². The zero-order valence-electron chi connectivity index (χ0n) is 25.2. The maximum Gasteiger partial charge on any atom is 0.264 e. The van der Waals surface area contributed by atoms with Crippen LogP contribution < -0.4 is 14.7 Å². The van der Waals surface area contributed by atoms with E-state index in [9.17, 15) is 29.4 Å². The number of benzene rings is 2. The second kappa shape index (κ2) is 12.2. The van der Waals surface area contributed by atoms with Crippen LogP contribution in [0.2, 0.25) is 0 Å². The smallest absolute Gasteiger partial charge is 0.264 e. The molecule has 2 N–H and O–H groups in total. The number of amides is 4. The van der Waals surface area contributed by atoms with Crippen LogP contribution in [0.3, 0.4) is 0 Å². The number of nitrogens with zero attached hydrogens (tertiary/aromatic N) is 4. The van der Waals surface area contributed by atoms with Gasteiger partial charge in [-0.1, -0.05) is 31.2 Å². The molecule has 3 fully saturated rings. The molecule has 44 heavy (non-hydrogen) atoms. The number of anilines is 3. The Labute approximate surface area is 257 Å². The third-order valence-electron chi connectivity index (χ3n) is 9.56. The van der Waals surface area contributed by atoms with E-state index >= 15 is 0 Å². The standard InChI is InChI=1S/C34H40N4O6/c1-23(7-2-11-30(40)37-16-4-10-27(37)22-39)34(44)28-20-26(36-18-6-13-32(36)42)14-15-29(28)38(33(34)43)21-24-8-3-9-25(19-24)35-17-5-12-31(35)41/h2-3,7-9,14-15,19-20,23,27,39,44H,4-6,10-13,16-18,21-22H2,1H3/b7-2+/t23-,27+,34+/m1/s1. The fraction of sp³-hybridized carbons (Fsp3) is 0.471. The van der Waals surface area contributed by atoms with Gasteiger partial charge in [0.1, 0.15) is 0 Å². The molecule has 4 aliphatic rings. The van der Waals surface area contributed by atoms with Crippen molar-refractivity contribution in [2.75, 3.05) is 40.9 Å². The fourth-order valence-electron chi connectivity index (χ4n) is 7.09. The Morgan fingerprint density at radius 3 is 2.34 bits per heavy atom. The lowest BCUT2D eigenvalue weighted by molar-refractivity contribution is -0.139. The molecule has 232 valence electrons. The Morgan fingerprint density at radius 1 is 0.977 bits per heavy atom. The highest BCUT2D eigenvalue weighted by Crippen LogP contribution is 2.47. The van der Waals surface area contributed by atoms with E-state index in [1.54, 1.807) is 50.8 Å². The molecular weight excluding hydrogens is 560 g/mol. The molecule has 2 aromatic rings. The maximum atomic E-state index is 14.2. The summed E-state index contributed by atoms with van der Waals surface area (Å²) in [5.41, 5.74) is 1.32. The first-order chi connectivity index (χ1) is 21.2. The van der Waals surface area contributed by atoms with Gasteiger partial charge in [0.05, 0.1) is 24.9 Å². The highest BCUT2D eigenvalue weighted by Gasteiger charge is 2.53. The Morgan fingerprint density at radius 2 is 1.68 bits per heavy atom. The Hall–Kier alpha value is -4.02. The number of aliphatic hydroxyl groups excluding tert-OH is 1. The first kappa shape index (κ1) is 30.0. The largest absolute Gasteiger partial charge is 0.394 e. The fourth-order valence-corrected chi connectivity index (χ4v) is 7.09. The van der Waals surface area contributed by atoms with Crippen LogP contribution in [0.15, 0.2) is 54.6 Å². The average Bonchev–Trinajstić information content (AvgIpc) is 3.82. The van der Waals surface area contributed by atoms with Crippen LogP contribution in [-0.4, -0.2) is 71.0 Å². The van der Waals surface area contributed by atoms with Gasteiger partial charge in [0, 0.05) is 61.8 Å². The van der Waals surface area contributed by atoms with E-state index < -0.39 is 17.4 Å². The first-order valence-corrected chi connectivity index (χ1v) is 15.7. The van der Waals surface area contributed by atoms with Gasteiger partial charge in [-0.15, -0.1) is 0 Å². The van der Waals surface area contributed by atoms with Crippen molar-refractivity contribution in [3.05, 3.63) is 65.7 Å². The molecule has 0 radical (unpaired) electrons. The summed E-state index contributed by atoms with van der Waals surface area (Å²) in [5, 5.41) is 21.9. The van der Waals surface area contributed by atoms with Gasteiger partial charge in [0.2, 0.25) is 17.7 Å². The number of carbonyl (C=O) groups is 4. The van der Waals surface area contributed by atoms with Crippen molar-refractivity contribution in [2.45, 2.75) is 70.1 Å². The number of carbonyl (C=O) groups excluding carboxylic acids is 4. The van der Waals surface area contributed by atoms with Gasteiger partial charge < -0.3 is 29.8 Å². The van der Waals surface area contributed by atoms with E-state index in [1.165, 1.54) is 0 Å². The minimum Gasteiger partial charge on any atom is -0.394 e. The zero-order chi connectivity index (χ0) is 31.0. The van der Waals surface area contributed by atoms with Gasteiger partial charge in [0.15, 0.2) is 5.60 Å². The van der Waals surface area contributed by atoms with Crippen molar-refractivity contribution in [1.29, 1.82) is 0 Å². The monoisotopic (exact) mass is 600 g/mol. The van der Waals surface area contributed by atoms with E-state index in [0.717, 1.165) is 36.9 Å². The topological polar surface area (TPSA) is 122 Å². The van der Waals surface area contributed by atoms with E-state index in [1.807, 2.05) is 30.3 Å². The maximum absolute atomic E-state index is 14.2. The molecule has 6 rings (SSSR count). The molecule has 4 heterocycles. The number of likely N-dealkylation sites (tertiary alicyclic amines) is 1. The lowest BCUT2D eigenvalue weighted by Gasteiger charge is -2.28. The van der Waals surface area contributed by atoms with E-state index in [4.69, 9.17) is 0 Å². The minimum absolute atomic E-state index is 0.0116. The summed E-state index contributed by atoms with van der Waals surface area (Å²) in [4.78, 5) is 58.7. The predicted octanol–water partition coefficient (Wildman–Crippen LogP) is 3.24. The SMILES string of the molecule is C[C@H](/C=C/CC(=O)N1CCC[C@H]1CO)[C@@]1(O)C(=O)N(Cc2cccc(N3CCCC3=O)c2)c2ccc(N3CCCC3=O)cc21. The van der Waals surface area contributed by atoms with Gasteiger partial charge in [-0.2, -0.15) is 0 Å². The summed E-state index contributed by atoms with van der Waals surface area (Å²) in [6, 6.07) is 12.8. The van der Waals surface area contributed by atoms with Crippen LogP contribution in [0, 0.1) is 5.92 Å². The molecule has 4 aliphatic heterocycles. The van der Waals surface area contributed by atoms with Crippen molar-refractivity contribution in [3.8, 4) is 0 Å². The first-order valence-electron chi connectivity index (χ1n) is 15.7. The number of fused-ring (bicyclic) bond motifs is 1. The van der Waals surface area contributed by atoms with Crippen LogP contribution in [-0.2, 0) is 31.3 Å². The number of rotatable bonds is 9. The summed E-state index contributed by atoms with van der Waals surface area (Å²) in [6.45, 7) is 3.74. The van der Waals surface area contributed by atoms with Crippen molar-refractivity contribution in [3.63, 3.8) is 0 Å². The molecule has 3 atom stereocenters. The van der Waals surface area contributed by atoms with Crippen LogP contribution in [0.25, 0.3) is 0 Å². The molecule has 0 unspecified atom stereocenters. The van der Waals surface area contributed by atoms with Gasteiger partial charge in [-0.25, -0.2) is 0 Å². The predicted molar refractivity (Wildman–Crippen MR) is 166 cm³/mol. The summed E-state index contributed by atoms with van der Waals surface area (Å²) in [6.07, 6.45) is 7.69. The molecule has 4 amide bonds. The van der Waals surface area contributed by atoms with Crippen LogP contribution in [0.5, 0.6) is 0 Å². The zero-order valence-corrected chi connectivity index (χ0v) is 25.2. The molecule has 3 saturated heterocycles. The van der Waals surface area contributed by atoms with E-state index in [0.29, 0.717) is 49.4 Å². The summed E-state index contributed by atoms with van der Waals surface area (Å²) < 4.78 is 0. The highest BCUT2D eigenvalue weighted by molar-refractivity contribution is 6.08. The van der Waals surface area contributed by atoms with Crippen LogP contribution in [0.1, 0.15) is 63.0 Å². The summed E-state index contributed by atoms with van der Waals surface area (Å²) in [7, 11) is 0. The van der Waals surface area contributed by atoms with Crippen molar-refractivity contribution in [2.24, 2.45) is 5.92 Å². The molecular formula is C34H40N4O6. The van der Waals surface area contributed by atoms with Gasteiger partial charge in [-0.3, -0.25) is 19.2 Å². The number of hydrogen-bond acceptors (Lipinski definition) is 6. The number of hydrogen-bond donors (Lipinski definition) is 2. The molecule has 0 saturated carbocycles. The highest BCUT2D eigenvalue weighted by atomic mass is 16.3. The molecule has 0 aromatic heterocycles. The molecule has 2 aromatic carbocycles. The Bertz CT molecular complexity index is 1510. The van der Waals surface area contributed by atoms with E-state index in [-0.39, 0.29) is 43.3 Å². The molecule has 0 aliphatic carbocycles. The Balaban J connectivity index is 1.29. The average molecular weight is 601 g/mol. The lowest BCUT2D eigenvalue weighted by Crippen LogP contribution is -2.44. The van der Waals surface area contributed by atoms with Crippen molar-refractivity contribution < 1.29 is 29.4 Å². The summed E-state index contributed by atoms with van der Waals surface area (Å²) >= 11 is 0.